The zero-order valence-electron chi connectivity index (χ0n) is 15.3. The van der Waals surface area contributed by atoms with E-state index >= 15 is 0 Å². The Kier molecular flexibility index (Phi) is 5.27. The van der Waals surface area contributed by atoms with E-state index < -0.39 is 0 Å². The number of fused-ring (bicyclic) bond motifs is 1. The van der Waals surface area contributed by atoms with Crippen molar-refractivity contribution in [2.45, 2.75) is 19.1 Å². The van der Waals surface area contributed by atoms with Crippen LogP contribution < -0.4 is 15.8 Å². The Labute approximate surface area is 159 Å². The second-order valence-electron chi connectivity index (χ2n) is 7.03. The highest BCUT2D eigenvalue weighted by molar-refractivity contribution is 5.97. The highest BCUT2D eigenvalue weighted by atomic mass is 16.5. The molecular formula is C21H25N3O3. The molecular weight excluding hydrogens is 342 g/mol. The number of hydrogen-bond donors (Lipinski definition) is 2. The molecule has 2 heterocycles. The number of benzene rings is 2. The molecule has 27 heavy (non-hydrogen) atoms. The van der Waals surface area contributed by atoms with Crippen molar-refractivity contribution in [1.82, 2.24) is 10.2 Å². The quantitative estimate of drug-likeness (QED) is 0.789. The first-order valence-corrected chi connectivity index (χ1v) is 9.41. The Morgan fingerprint density at radius 1 is 1.19 bits per heavy atom. The van der Waals surface area contributed by atoms with Gasteiger partial charge >= 0.3 is 0 Å². The number of ether oxygens (including phenoxy) is 2. The van der Waals surface area contributed by atoms with Crippen LogP contribution in [-0.2, 0) is 17.7 Å². The second kappa shape index (κ2) is 7.98. The number of carbonyl (C=O) groups excluding carboxylic acids is 1. The summed E-state index contributed by atoms with van der Waals surface area (Å²) in [4.78, 5) is 15.0. The van der Waals surface area contributed by atoms with Gasteiger partial charge in [-0.2, -0.15) is 0 Å². The third-order valence-electron chi connectivity index (χ3n) is 5.10. The molecule has 0 unspecified atom stereocenters. The van der Waals surface area contributed by atoms with Gasteiger partial charge in [-0.1, -0.05) is 30.3 Å². The molecule has 0 radical (unpaired) electrons. The van der Waals surface area contributed by atoms with E-state index in [1.165, 1.54) is 5.56 Å². The molecule has 1 atom stereocenters. The molecule has 0 spiro atoms. The summed E-state index contributed by atoms with van der Waals surface area (Å²) >= 11 is 0. The maximum atomic E-state index is 12.7. The molecule has 0 aromatic heterocycles. The predicted molar refractivity (Wildman–Crippen MR) is 104 cm³/mol. The first kappa shape index (κ1) is 17.8. The molecule has 1 fully saturated rings. The van der Waals surface area contributed by atoms with E-state index in [2.05, 4.69) is 34.5 Å². The van der Waals surface area contributed by atoms with Crippen molar-refractivity contribution >= 4 is 11.6 Å². The van der Waals surface area contributed by atoms with E-state index in [0.717, 1.165) is 25.2 Å². The number of anilines is 1. The summed E-state index contributed by atoms with van der Waals surface area (Å²) in [5.74, 6) is 0.561. The molecule has 2 aliphatic heterocycles. The smallest absolute Gasteiger partial charge is 0.251 e. The summed E-state index contributed by atoms with van der Waals surface area (Å²) in [5, 5.41) is 3.02. The summed E-state index contributed by atoms with van der Waals surface area (Å²) in [6.45, 7) is 4.35. The van der Waals surface area contributed by atoms with Crippen molar-refractivity contribution in [3.63, 3.8) is 0 Å². The van der Waals surface area contributed by atoms with Crippen molar-refractivity contribution in [1.29, 1.82) is 0 Å². The van der Waals surface area contributed by atoms with Crippen LogP contribution in [0, 0.1) is 0 Å². The van der Waals surface area contributed by atoms with Crippen LogP contribution in [0.3, 0.4) is 0 Å². The lowest BCUT2D eigenvalue weighted by Gasteiger charge is -2.33. The van der Waals surface area contributed by atoms with Crippen LogP contribution in [0.25, 0.3) is 0 Å². The zero-order chi connectivity index (χ0) is 18.6. The molecule has 3 N–H and O–H groups in total. The largest absolute Gasteiger partial charge is 0.491 e. The van der Waals surface area contributed by atoms with Crippen molar-refractivity contribution < 1.29 is 14.3 Å². The van der Waals surface area contributed by atoms with Crippen LogP contribution >= 0.6 is 0 Å². The Bertz CT molecular complexity index is 810. The van der Waals surface area contributed by atoms with Gasteiger partial charge in [-0.05, 0) is 17.7 Å². The highest BCUT2D eigenvalue weighted by Crippen LogP contribution is 2.34. The van der Waals surface area contributed by atoms with Crippen LogP contribution in [-0.4, -0.2) is 49.8 Å². The molecule has 6 heteroatoms. The Morgan fingerprint density at radius 3 is 2.89 bits per heavy atom. The fourth-order valence-electron chi connectivity index (χ4n) is 3.72. The average Bonchev–Trinajstić information content (AvgIpc) is 3.18. The Morgan fingerprint density at radius 2 is 2.04 bits per heavy atom. The van der Waals surface area contributed by atoms with Gasteiger partial charge in [-0.15, -0.1) is 0 Å². The standard InChI is InChI=1S/C21H25N3O3/c22-19-7-6-18(17-8-10-27-20(17)19)21(25)23-12-16-14-24(9-11-26-16)13-15-4-2-1-3-5-15/h1-7,16H,8-14,22H2,(H,23,25)/t16-/m1/s1. The fourth-order valence-corrected chi connectivity index (χ4v) is 3.72. The van der Waals surface area contributed by atoms with E-state index in [-0.39, 0.29) is 12.0 Å². The number of carbonyl (C=O) groups is 1. The summed E-state index contributed by atoms with van der Waals surface area (Å²) in [6.07, 6.45) is 0.706. The summed E-state index contributed by atoms with van der Waals surface area (Å²) in [7, 11) is 0. The lowest BCUT2D eigenvalue weighted by molar-refractivity contribution is -0.0292. The third kappa shape index (κ3) is 4.07. The van der Waals surface area contributed by atoms with Gasteiger partial charge in [-0.3, -0.25) is 9.69 Å². The normalized spacial score (nSPS) is 19.3. The van der Waals surface area contributed by atoms with Crippen molar-refractivity contribution in [2.24, 2.45) is 0 Å². The minimum Gasteiger partial charge on any atom is -0.491 e. The summed E-state index contributed by atoms with van der Waals surface area (Å²) < 4.78 is 11.4. The van der Waals surface area contributed by atoms with Crippen LogP contribution in [0.15, 0.2) is 42.5 Å². The molecule has 2 aliphatic rings. The number of morpholine rings is 1. The van der Waals surface area contributed by atoms with Gasteiger partial charge in [0.2, 0.25) is 0 Å². The van der Waals surface area contributed by atoms with E-state index in [4.69, 9.17) is 15.2 Å². The number of rotatable bonds is 5. The van der Waals surface area contributed by atoms with Crippen molar-refractivity contribution in [2.75, 3.05) is 38.6 Å². The molecule has 1 saturated heterocycles. The van der Waals surface area contributed by atoms with Gasteiger partial charge in [0, 0.05) is 43.7 Å². The molecule has 0 bridgehead atoms. The average molecular weight is 367 g/mol. The van der Waals surface area contributed by atoms with E-state index in [9.17, 15) is 4.79 Å². The molecule has 2 aromatic carbocycles. The molecule has 1 amide bonds. The first-order valence-electron chi connectivity index (χ1n) is 9.41. The number of nitrogens with two attached hydrogens (primary N) is 1. The SMILES string of the molecule is Nc1ccc(C(=O)NC[C@@H]2CN(Cc3ccccc3)CCO2)c2c1OCC2. The van der Waals surface area contributed by atoms with Gasteiger partial charge in [0.15, 0.2) is 0 Å². The van der Waals surface area contributed by atoms with E-state index in [1.807, 2.05) is 6.07 Å². The van der Waals surface area contributed by atoms with Crippen molar-refractivity contribution in [3.05, 3.63) is 59.2 Å². The maximum Gasteiger partial charge on any atom is 0.251 e. The van der Waals surface area contributed by atoms with E-state index in [0.29, 0.717) is 43.2 Å². The van der Waals surface area contributed by atoms with Crippen molar-refractivity contribution in [3.8, 4) is 5.75 Å². The molecule has 6 nitrogen and oxygen atoms in total. The minimum absolute atomic E-state index is 0.00973. The molecule has 4 rings (SSSR count). The minimum atomic E-state index is -0.0967. The summed E-state index contributed by atoms with van der Waals surface area (Å²) in [5.41, 5.74) is 9.36. The number of nitrogens with one attached hydrogen (secondary N) is 1. The zero-order valence-corrected chi connectivity index (χ0v) is 15.3. The maximum absolute atomic E-state index is 12.7. The Hall–Kier alpha value is -2.57. The van der Waals surface area contributed by atoms with Gasteiger partial charge in [0.1, 0.15) is 5.75 Å². The first-order chi connectivity index (χ1) is 13.2. The molecule has 0 aliphatic carbocycles. The van der Waals surface area contributed by atoms with Crippen LogP contribution in [0.1, 0.15) is 21.5 Å². The highest BCUT2D eigenvalue weighted by Gasteiger charge is 2.25. The van der Waals surface area contributed by atoms with Gasteiger partial charge in [0.05, 0.1) is 25.0 Å². The lowest BCUT2D eigenvalue weighted by Crippen LogP contribution is -2.47. The second-order valence-corrected chi connectivity index (χ2v) is 7.03. The fraction of sp³-hybridized carbons (Fsp3) is 0.381. The van der Waals surface area contributed by atoms with Gasteiger partial charge in [0.25, 0.3) is 5.91 Å². The monoisotopic (exact) mass is 367 g/mol. The number of nitrogen functional groups attached to an aromatic ring is 1. The predicted octanol–water partition coefficient (Wildman–Crippen LogP) is 1.83. The third-order valence-corrected chi connectivity index (χ3v) is 5.10. The van der Waals surface area contributed by atoms with Crippen LogP contribution in [0.5, 0.6) is 5.75 Å². The number of amides is 1. The Balaban J connectivity index is 1.33. The van der Waals surface area contributed by atoms with Crippen LogP contribution in [0.4, 0.5) is 5.69 Å². The number of nitrogens with zero attached hydrogens (tertiary/aromatic N) is 1. The molecule has 142 valence electrons. The van der Waals surface area contributed by atoms with Crippen LogP contribution in [0.2, 0.25) is 0 Å². The topological polar surface area (TPSA) is 76.8 Å². The molecule has 2 aromatic rings. The summed E-state index contributed by atoms with van der Waals surface area (Å²) in [6, 6.07) is 13.9. The number of hydrogen-bond acceptors (Lipinski definition) is 5. The van der Waals surface area contributed by atoms with E-state index in [1.54, 1.807) is 12.1 Å². The molecule has 0 saturated carbocycles. The lowest BCUT2D eigenvalue weighted by atomic mass is 10.0. The van der Waals surface area contributed by atoms with Gasteiger partial charge < -0.3 is 20.5 Å². The van der Waals surface area contributed by atoms with Gasteiger partial charge in [-0.25, -0.2) is 0 Å².